The van der Waals surface area contributed by atoms with Gasteiger partial charge in [0, 0.05) is 24.3 Å². The van der Waals surface area contributed by atoms with E-state index >= 15 is 0 Å². The fourth-order valence-corrected chi connectivity index (χ4v) is 3.68. The summed E-state index contributed by atoms with van der Waals surface area (Å²) in [5.41, 5.74) is 3.04. The van der Waals surface area contributed by atoms with E-state index in [9.17, 15) is 4.79 Å². The molecule has 3 rings (SSSR count). The van der Waals surface area contributed by atoms with Crippen LogP contribution >= 0.6 is 0 Å². The summed E-state index contributed by atoms with van der Waals surface area (Å²) in [5.74, 6) is 1.49. The largest absolute Gasteiger partial charge is 0.494 e. The van der Waals surface area contributed by atoms with Crippen molar-refractivity contribution in [1.29, 1.82) is 0 Å². The van der Waals surface area contributed by atoms with Crippen molar-refractivity contribution in [2.75, 3.05) is 24.6 Å². The van der Waals surface area contributed by atoms with E-state index in [-0.39, 0.29) is 11.9 Å². The number of nitrogens with zero attached hydrogens (tertiary/aromatic N) is 1. The summed E-state index contributed by atoms with van der Waals surface area (Å²) >= 11 is 0. The molecule has 28 heavy (non-hydrogen) atoms. The molecule has 0 bridgehead atoms. The van der Waals surface area contributed by atoms with Gasteiger partial charge in [-0.2, -0.15) is 0 Å². The zero-order valence-corrected chi connectivity index (χ0v) is 17.3. The Morgan fingerprint density at radius 3 is 2.54 bits per heavy atom. The Balaban J connectivity index is 1.57. The van der Waals surface area contributed by atoms with E-state index in [1.807, 2.05) is 31.2 Å². The van der Waals surface area contributed by atoms with Crippen molar-refractivity contribution in [3.05, 3.63) is 59.7 Å². The van der Waals surface area contributed by atoms with Crippen molar-refractivity contribution >= 4 is 11.6 Å². The smallest absolute Gasteiger partial charge is 0.251 e. The summed E-state index contributed by atoms with van der Waals surface area (Å²) in [5, 5.41) is 3.09. The van der Waals surface area contributed by atoms with Crippen LogP contribution in [-0.2, 0) is 0 Å². The number of rotatable bonds is 7. The van der Waals surface area contributed by atoms with E-state index in [1.54, 1.807) is 0 Å². The third kappa shape index (κ3) is 5.28. The van der Waals surface area contributed by atoms with Gasteiger partial charge in [-0.05, 0) is 74.1 Å². The maximum Gasteiger partial charge on any atom is 0.251 e. The second-order valence-corrected chi connectivity index (χ2v) is 7.85. The summed E-state index contributed by atoms with van der Waals surface area (Å²) in [6.07, 6.45) is 3.55. The van der Waals surface area contributed by atoms with Crippen LogP contribution in [0.5, 0.6) is 5.75 Å². The van der Waals surface area contributed by atoms with Crippen molar-refractivity contribution in [3.8, 4) is 5.75 Å². The van der Waals surface area contributed by atoms with Gasteiger partial charge in [-0.1, -0.05) is 26.0 Å². The summed E-state index contributed by atoms with van der Waals surface area (Å²) < 4.78 is 5.57. The number of piperidine rings is 1. The minimum Gasteiger partial charge on any atom is -0.494 e. The van der Waals surface area contributed by atoms with Crippen molar-refractivity contribution in [2.24, 2.45) is 5.92 Å². The molecule has 0 aliphatic carbocycles. The van der Waals surface area contributed by atoms with Crippen LogP contribution in [0, 0.1) is 5.92 Å². The Bertz CT molecular complexity index is 755. The van der Waals surface area contributed by atoms with E-state index < -0.39 is 0 Å². The lowest BCUT2D eigenvalue weighted by molar-refractivity contribution is 0.0940. The average Bonchev–Trinajstić information content (AvgIpc) is 2.72. The summed E-state index contributed by atoms with van der Waals surface area (Å²) in [7, 11) is 0. The Morgan fingerprint density at radius 1 is 1.18 bits per heavy atom. The SMILES string of the molecule is CCCOc1ccc(C(=O)N[C@@H](C)c2ccc(N3CCC[C@H](C)C3)cc2)cc1. The molecule has 4 heteroatoms. The molecule has 0 spiro atoms. The third-order valence-electron chi connectivity index (χ3n) is 5.35. The minimum atomic E-state index is -0.0662. The number of hydrogen-bond acceptors (Lipinski definition) is 3. The molecule has 0 aromatic heterocycles. The molecule has 1 aliphatic rings. The molecule has 1 saturated heterocycles. The highest BCUT2D eigenvalue weighted by Crippen LogP contribution is 2.25. The molecule has 1 N–H and O–H groups in total. The van der Waals surface area contributed by atoms with Gasteiger partial charge in [-0.3, -0.25) is 4.79 Å². The van der Waals surface area contributed by atoms with E-state index in [1.165, 1.54) is 18.5 Å². The number of hydrogen-bond donors (Lipinski definition) is 1. The van der Waals surface area contributed by atoms with Gasteiger partial charge in [0.05, 0.1) is 12.6 Å². The highest BCUT2D eigenvalue weighted by atomic mass is 16.5. The molecule has 0 radical (unpaired) electrons. The number of amides is 1. The molecule has 1 heterocycles. The lowest BCUT2D eigenvalue weighted by atomic mass is 9.99. The van der Waals surface area contributed by atoms with Crippen molar-refractivity contribution in [3.63, 3.8) is 0 Å². The Hall–Kier alpha value is -2.49. The lowest BCUT2D eigenvalue weighted by Gasteiger charge is -2.33. The molecule has 4 nitrogen and oxygen atoms in total. The molecule has 0 unspecified atom stereocenters. The predicted molar refractivity (Wildman–Crippen MR) is 115 cm³/mol. The number of ether oxygens (including phenoxy) is 1. The van der Waals surface area contributed by atoms with E-state index in [0.717, 1.165) is 36.7 Å². The zero-order chi connectivity index (χ0) is 19.9. The normalized spacial score (nSPS) is 17.8. The van der Waals surface area contributed by atoms with Crippen LogP contribution in [0.15, 0.2) is 48.5 Å². The maximum atomic E-state index is 12.5. The van der Waals surface area contributed by atoms with Crippen molar-refractivity contribution in [2.45, 2.75) is 46.1 Å². The first kappa shape index (κ1) is 20.2. The summed E-state index contributed by atoms with van der Waals surface area (Å²) in [4.78, 5) is 15.0. The molecule has 1 fully saturated rings. The van der Waals surface area contributed by atoms with Gasteiger partial charge in [0.1, 0.15) is 5.75 Å². The quantitative estimate of drug-likeness (QED) is 0.717. The first-order valence-electron chi connectivity index (χ1n) is 10.5. The molecule has 1 amide bonds. The highest BCUT2D eigenvalue weighted by molar-refractivity contribution is 5.94. The number of nitrogens with one attached hydrogen (secondary N) is 1. The highest BCUT2D eigenvalue weighted by Gasteiger charge is 2.17. The molecular formula is C24H32N2O2. The number of carbonyl (C=O) groups is 1. The minimum absolute atomic E-state index is 0.0437. The first-order chi connectivity index (χ1) is 13.6. The fourth-order valence-electron chi connectivity index (χ4n) is 3.68. The number of anilines is 1. The van der Waals surface area contributed by atoms with Gasteiger partial charge in [0.15, 0.2) is 0 Å². The summed E-state index contributed by atoms with van der Waals surface area (Å²) in [6.45, 7) is 9.37. The fraction of sp³-hybridized carbons (Fsp3) is 0.458. The van der Waals surface area contributed by atoms with Crippen LogP contribution in [-0.4, -0.2) is 25.6 Å². The monoisotopic (exact) mass is 380 g/mol. The Labute approximate surface area is 168 Å². The predicted octanol–water partition coefficient (Wildman–Crippen LogP) is 5.20. The van der Waals surface area contributed by atoms with Crippen LogP contribution in [0.2, 0.25) is 0 Å². The number of carbonyl (C=O) groups excluding carboxylic acids is 1. The van der Waals surface area contributed by atoms with Crippen LogP contribution in [0.4, 0.5) is 5.69 Å². The number of benzene rings is 2. The molecule has 0 saturated carbocycles. The lowest BCUT2D eigenvalue weighted by Crippen LogP contribution is -2.34. The second kappa shape index (κ2) is 9.63. The summed E-state index contributed by atoms with van der Waals surface area (Å²) in [6, 6.07) is 15.9. The third-order valence-corrected chi connectivity index (χ3v) is 5.35. The van der Waals surface area contributed by atoms with Gasteiger partial charge >= 0.3 is 0 Å². The maximum absolute atomic E-state index is 12.5. The Morgan fingerprint density at radius 2 is 1.89 bits per heavy atom. The van der Waals surface area contributed by atoms with Gasteiger partial charge in [-0.15, -0.1) is 0 Å². The van der Waals surface area contributed by atoms with Crippen LogP contribution < -0.4 is 15.0 Å². The van der Waals surface area contributed by atoms with Crippen molar-refractivity contribution in [1.82, 2.24) is 5.32 Å². The second-order valence-electron chi connectivity index (χ2n) is 7.85. The molecular weight excluding hydrogens is 348 g/mol. The van der Waals surface area contributed by atoms with E-state index in [2.05, 4.69) is 48.3 Å². The van der Waals surface area contributed by atoms with Crippen LogP contribution in [0.1, 0.15) is 62.0 Å². The molecule has 2 aromatic rings. The van der Waals surface area contributed by atoms with Crippen molar-refractivity contribution < 1.29 is 9.53 Å². The Kier molecular flexibility index (Phi) is 6.96. The van der Waals surface area contributed by atoms with E-state index in [0.29, 0.717) is 12.2 Å². The van der Waals surface area contributed by atoms with Gasteiger partial charge in [0.25, 0.3) is 5.91 Å². The van der Waals surface area contributed by atoms with Crippen LogP contribution in [0.3, 0.4) is 0 Å². The molecule has 150 valence electrons. The van der Waals surface area contributed by atoms with Crippen LogP contribution in [0.25, 0.3) is 0 Å². The van der Waals surface area contributed by atoms with Gasteiger partial charge in [0.2, 0.25) is 0 Å². The first-order valence-corrected chi connectivity index (χ1v) is 10.5. The van der Waals surface area contributed by atoms with E-state index in [4.69, 9.17) is 4.74 Å². The standard InChI is InChI=1S/C24H32N2O2/c1-4-16-28-23-13-9-21(10-14-23)24(27)25-19(3)20-7-11-22(12-8-20)26-15-5-6-18(2)17-26/h7-14,18-19H,4-6,15-17H2,1-3H3,(H,25,27)/t18-,19-/m0/s1. The molecule has 2 aromatic carbocycles. The van der Waals surface area contributed by atoms with Gasteiger partial charge < -0.3 is 15.0 Å². The average molecular weight is 381 g/mol. The topological polar surface area (TPSA) is 41.6 Å². The zero-order valence-electron chi connectivity index (χ0n) is 17.3. The molecule has 2 atom stereocenters. The molecule has 1 aliphatic heterocycles. The van der Waals surface area contributed by atoms with Gasteiger partial charge in [-0.25, -0.2) is 0 Å².